The molecule has 2 rings (SSSR count). The molecule has 0 aliphatic carbocycles. The van der Waals surface area contributed by atoms with E-state index in [0.29, 0.717) is 6.54 Å². The second-order valence-electron chi connectivity index (χ2n) is 4.66. The molecule has 4 nitrogen and oxygen atoms in total. The average Bonchev–Trinajstić information content (AvgIpc) is 2.93. The van der Waals surface area contributed by atoms with Crippen LogP contribution in [0.1, 0.15) is 25.8 Å². The molecule has 19 heavy (non-hydrogen) atoms. The quantitative estimate of drug-likeness (QED) is 0.894. The van der Waals surface area contributed by atoms with Crippen molar-refractivity contribution in [2.75, 3.05) is 0 Å². The highest BCUT2D eigenvalue weighted by atomic mass is 16.1. The van der Waals surface area contributed by atoms with Crippen LogP contribution in [-0.4, -0.2) is 15.7 Å². The van der Waals surface area contributed by atoms with Crippen molar-refractivity contribution in [1.82, 2.24) is 15.1 Å². The van der Waals surface area contributed by atoms with Gasteiger partial charge in [0.15, 0.2) is 0 Å². The van der Waals surface area contributed by atoms with E-state index in [-0.39, 0.29) is 11.8 Å². The molecule has 0 aliphatic heterocycles. The zero-order chi connectivity index (χ0) is 13.7. The molecule has 100 valence electrons. The Hall–Kier alpha value is -2.10. The third-order valence-corrected chi connectivity index (χ3v) is 3.18. The summed E-state index contributed by atoms with van der Waals surface area (Å²) in [5.74, 6) is 0.152. The molecule has 1 atom stereocenters. The first-order chi connectivity index (χ1) is 9.20. The molecule has 1 N–H and O–H groups in total. The lowest BCUT2D eigenvalue weighted by Crippen LogP contribution is -2.28. The van der Waals surface area contributed by atoms with Crippen LogP contribution in [0.3, 0.4) is 0 Å². The first-order valence-electron chi connectivity index (χ1n) is 6.57. The maximum absolute atomic E-state index is 11.7. The molecule has 1 aromatic carbocycles. The SMILES string of the molecule is CCC(C)C(=O)NCc1cnn(-c2ccccc2)c1. The molecule has 4 heteroatoms. The summed E-state index contributed by atoms with van der Waals surface area (Å²) in [6.07, 6.45) is 4.57. The van der Waals surface area contributed by atoms with Gasteiger partial charge in [-0.15, -0.1) is 0 Å². The normalized spacial score (nSPS) is 12.1. The van der Waals surface area contributed by atoms with Gasteiger partial charge >= 0.3 is 0 Å². The van der Waals surface area contributed by atoms with E-state index in [9.17, 15) is 4.79 Å². The predicted molar refractivity (Wildman–Crippen MR) is 74.9 cm³/mol. The molecule has 0 radical (unpaired) electrons. The number of para-hydroxylation sites is 1. The largest absolute Gasteiger partial charge is 0.352 e. The standard InChI is InChI=1S/C15H19N3O/c1-3-12(2)15(19)16-9-13-10-17-18(11-13)14-7-5-4-6-8-14/h4-8,10-12H,3,9H2,1-2H3,(H,16,19). The minimum Gasteiger partial charge on any atom is -0.352 e. The lowest BCUT2D eigenvalue weighted by atomic mass is 10.1. The number of hydrogen-bond acceptors (Lipinski definition) is 2. The fourth-order valence-electron chi connectivity index (χ4n) is 1.72. The molecule has 0 spiro atoms. The first kappa shape index (κ1) is 13.3. The lowest BCUT2D eigenvalue weighted by molar-refractivity contribution is -0.124. The Balaban J connectivity index is 1.97. The van der Waals surface area contributed by atoms with Crippen LogP contribution in [0.5, 0.6) is 0 Å². The smallest absolute Gasteiger partial charge is 0.223 e. The van der Waals surface area contributed by atoms with Crippen molar-refractivity contribution >= 4 is 5.91 Å². The van der Waals surface area contributed by atoms with Crippen molar-refractivity contribution in [3.05, 3.63) is 48.3 Å². The topological polar surface area (TPSA) is 46.9 Å². The van der Waals surface area contributed by atoms with Gasteiger partial charge in [-0.2, -0.15) is 5.10 Å². The van der Waals surface area contributed by atoms with Crippen LogP contribution < -0.4 is 5.32 Å². The maximum Gasteiger partial charge on any atom is 0.223 e. The van der Waals surface area contributed by atoms with Crippen molar-refractivity contribution in [3.63, 3.8) is 0 Å². The molecule has 0 saturated carbocycles. The summed E-state index contributed by atoms with van der Waals surface area (Å²) in [4.78, 5) is 11.7. The second-order valence-corrected chi connectivity index (χ2v) is 4.66. The van der Waals surface area contributed by atoms with Crippen LogP contribution in [0.25, 0.3) is 5.69 Å². The Morgan fingerprint density at radius 1 is 1.37 bits per heavy atom. The van der Waals surface area contributed by atoms with Crippen LogP contribution in [-0.2, 0) is 11.3 Å². The minimum absolute atomic E-state index is 0.0594. The molecular weight excluding hydrogens is 238 g/mol. The zero-order valence-corrected chi connectivity index (χ0v) is 11.3. The van der Waals surface area contributed by atoms with Gasteiger partial charge in [0.2, 0.25) is 5.91 Å². The second kappa shape index (κ2) is 6.18. The Morgan fingerprint density at radius 3 is 2.79 bits per heavy atom. The van der Waals surface area contributed by atoms with Gasteiger partial charge in [0.1, 0.15) is 0 Å². The summed E-state index contributed by atoms with van der Waals surface area (Å²) >= 11 is 0. The Bertz CT molecular complexity index is 533. The number of carbonyl (C=O) groups excluding carboxylic acids is 1. The Labute approximate surface area is 113 Å². The third kappa shape index (κ3) is 3.44. The maximum atomic E-state index is 11.7. The molecule has 0 bridgehead atoms. The molecule has 1 amide bonds. The van der Waals surface area contributed by atoms with Crippen LogP contribution in [0.2, 0.25) is 0 Å². The van der Waals surface area contributed by atoms with Gasteiger partial charge in [0.25, 0.3) is 0 Å². The highest BCUT2D eigenvalue weighted by molar-refractivity contribution is 5.78. The summed E-state index contributed by atoms with van der Waals surface area (Å²) in [5.41, 5.74) is 2.02. The molecule has 1 heterocycles. The Kier molecular flexibility index (Phi) is 4.34. The van der Waals surface area contributed by atoms with Gasteiger partial charge in [-0.25, -0.2) is 4.68 Å². The molecular formula is C15H19N3O. The number of nitrogens with zero attached hydrogens (tertiary/aromatic N) is 2. The minimum atomic E-state index is 0.0594. The van der Waals surface area contributed by atoms with Gasteiger partial charge in [0.05, 0.1) is 11.9 Å². The predicted octanol–water partition coefficient (Wildman–Crippen LogP) is 2.53. The van der Waals surface area contributed by atoms with Gasteiger partial charge < -0.3 is 5.32 Å². The van der Waals surface area contributed by atoms with Crippen molar-refractivity contribution < 1.29 is 4.79 Å². The van der Waals surface area contributed by atoms with Crippen molar-refractivity contribution in [3.8, 4) is 5.69 Å². The van der Waals surface area contributed by atoms with Crippen LogP contribution in [0.15, 0.2) is 42.7 Å². The van der Waals surface area contributed by atoms with Crippen LogP contribution >= 0.6 is 0 Å². The monoisotopic (exact) mass is 257 g/mol. The third-order valence-electron chi connectivity index (χ3n) is 3.18. The van der Waals surface area contributed by atoms with E-state index in [4.69, 9.17) is 0 Å². The number of aromatic nitrogens is 2. The summed E-state index contributed by atoms with van der Waals surface area (Å²) in [6, 6.07) is 9.91. The molecule has 1 unspecified atom stereocenters. The number of amides is 1. The average molecular weight is 257 g/mol. The number of hydrogen-bond donors (Lipinski definition) is 1. The molecule has 0 aliphatic rings. The fraction of sp³-hybridized carbons (Fsp3) is 0.333. The number of carbonyl (C=O) groups is 1. The van der Waals surface area contributed by atoms with Gasteiger partial charge in [-0.3, -0.25) is 4.79 Å². The highest BCUT2D eigenvalue weighted by Gasteiger charge is 2.10. The van der Waals surface area contributed by atoms with Crippen molar-refractivity contribution in [1.29, 1.82) is 0 Å². The van der Waals surface area contributed by atoms with E-state index in [0.717, 1.165) is 17.7 Å². The van der Waals surface area contributed by atoms with Crippen molar-refractivity contribution in [2.45, 2.75) is 26.8 Å². The van der Waals surface area contributed by atoms with Crippen molar-refractivity contribution in [2.24, 2.45) is 5.92 Å². The zero-order valence-electron chi connectivity index (χ0n) is 11.3. The van der Waals surface area contributed by atoms with Gasteiger partial charge in [0, 0.05) is 24.2 Å². The van der Waals surface area contributed by atoms with E-state index in [1.165, 1.54) is 0 Å². The number of benzene rings is 1. The number of rotatable bonds is 5. The van der Waals surface area contributed by atoms with E-state index in [2.05, 4.69) is 10.4 Å². The lowest BCUT2D eigenvalue weighted by Gasteiger charge is -2.08. The van der Waals surface area contributed by atoms with Gasteiger partial charge in [-0.1, -0.05) is 32.0 Å². The molecule has 2 aromatic rings. The summed E-state index contributed by atoms with van der Waals surface area (Å²) in [7, 11) is 0. The molecule has 1 aromatic heterocycles. The summed E-state index contributed by atoms with van der Waals surface area (Å²) in [6.45, 7) is 4.47. The summed E-state index contributed by atoms with van der Waals surface area (Å²) < 4.78 is 1.81. The molecule has 0 saturated heterocycles. The van der Waals surface area contributed by atoms with Crippen LogP contribution in [0.4, 0.5) is 0 Å². The van der Waals surface area contributed by atoms with Gasteiger partial charge in [-0.05, 0) is 18.6 Å². The molecule has 0 fully saturated rings. The van der Waals surface area contributed by atoms with E-state index < -0.39 is 0 Å². The summed E-state index contributed by atoms with van der Waals surface area (Å²) in [5, 5.41) is 7.22. The highest BCUT2D eigenvalue weighted by Crippen LogP contribution is 2.08. The first-order valence-corrected chi connectivity index (χ1v) is 6.57. The number of nitrogens with one attached hydrogen (secondary N) is 1. The fourth-order valence-corrected chi connectivity index (χ4v) is 1.72. The Morgan fingerprint density at radius 2 is 2.11 bits per heavy atom. The van der Waals surface area contributed by atoms with E-state index >= 15 is 0 Å². The van der Waals surface area contributed by atoms with Crippen LogP contribution in [0, 0.1) is 5.92 Å². The van der Waals surface area contributed by atoms with E-state index in [1.54, 1.807) is 6.20 Å². The van der Waals surface area contributed by atoms with E-state index in [1.807, 2.05) is 55.1 Å².